The SMILES string of the molecule is C=C1C(C)=CCC2C1(C)CCC1C(C)(C)CCCC12C. The molecule has 112 valence electrons. The zero-order chi connectivity index (χ0) is 14.8. The van der Waals surface area contributed by atoms with Crippen molar-refractivity contribution in [1.82, 2.24) is 0 Å². The maximum absolute atomic E-state index is 4.49. The molecule has 3 aliphatic carbocycles. The molecule has 0 saturated heterocycles. The standard InChI is InChI=1S/C20H32/c1-14-8-9-17-19(5,15(14)2)13-10-16-18(3,4)11-7-12-20(16,17)6/h8,16-17H,2,7,9-13H2,1,3-6H3. The molecule has 3 rings (SSSR count). The maximum Gasteiger partial charge on any atom is -0.00420 e. The quantitative estimate of drug-likeness (QED) is 0.496. The van der Waals surface area contributed by atoms with Crippen LogP contribution in [0.3, 0.4) is 0 Å². The number of allylic oxidation sites excluding steroid dienone is 3. The van der Waals surface area contributed by atoms with Crippen molar-refractivity contribution in [1.29, 1.82) is 0 Å². The van der Waals surface area contributed by atoms with Crippen LogP contribution in [0.2, 0.25) is 0 Å². The van der Waals surface area contributed by atoms with Crippen molar-refractivity contribution in [2.45, 2.75) is 73.1 Å². The lowest BCUT2D eigenvalue weighted by atomic mass is 9.41. The molecule has 2 saturated carbocycles. The maximum atomic E-state index is 4.49. The number of rotatable bonds is 0. The highest BCUT2D eigenvalue weighted by atomic mass is 14.6. The van der Waals surface area contributed by atoms with Gasteiger partial charge in [-0.25, -0.2) is 0 Å². The molecule has 0 heteroatoms. The van der Waals surface area contributed by atoms with Crippen LogP contribution in [0.15, 0.2) is 23.8 Å². The van der Waals surface area contributed by atoms with E-state index in [0.717, 1.165) is 11.8 Å². The first-order valence-corrected chi connectivity index (χ1v) is 8.58. The van der Waals surface area contributed by atoms with Crippen molar-refractivity contribution in [3.05, 3.63) is 23.8 Å². The molecule has 0 heterocycles. The lowest BCUT2D eigenvalue weighted by Crippen LogP contribution is -2.55. The van der Waals surface area contributed by atoms with E-state index in [0.29, 0.717) is 16.2 Å². The van der Waals surface area contributed by atoms with Crippen molar-refractivity contribution >= 4 is 0 Å². The van der Waals surface area contributed by atoms with Gasteiger partial charge >= 0.3 is 0 Å². The van der Waals surface area contributed by atoms with Crippen molar-refractivity contribution in [2.75, 3.05) is 0 Å². The summed E-state index contributed by atoms with van der Waals surface area (Å²) in [5.41, 5.74) is 4.32. The van der Waals surface area contributed by atoms with Gasteiger partial charge in [0.25, 0.3) is 0 Å². The van der Waals surface area contributed by atoms with Gasteiger partial charge in [0.15, 0.2) is 0 Å². The van der Waals surface area contributed by atoms with Gasteiger partial charge in [0, 0.05) is 0 Å². The first-order valence-electron chi connectivity index (χ1n) is 8.58. The monoisotopic (exact) mass is 272 g/mol. The minimum atomic E-state index is 0.359. The van der Waals surface area contributed by atoms with E-state index in [4.69, 9.17) is 0 Å². The first kappa shape index (κ1) is 14.4. The van der Waals surface area contributed by atoms with Crippen LogP contribution in [-0.2, 0) is 0 Å². The van der Waals surface area contributed by atoms with E-state index in [1.54, 1.807) is 0 Å². The predicted octanol–water partition coefficient (Wildman–Crippen LogP) is 6.14. The molecule has 4 unspecified atom stereocenters. The summed E-state index contributed by atoms with van der Waals surface area (Å²) in [6, 6.07) is 0. The van der Waals surface area contributed by atoms with Gasteiger partial charge in [0.1, 0.15) is 0 Å². The summed E-state index contributed by atoms with van der Waals surface area (Å²) in [5.74, 6) is 1.71. The third-order valence-electron chi connectivity index (χ3n) is 7.62. The fourth-order valence-electron chi connectivity index (χ4n) is 6.41. The molecule has 0 aliphatic heterocycles. The van der Waals surface area contributed by atoms with E-state index >= 15 is 0 Å². The smallest absolute Gasteiger partial charge is 0.00420 e. The van der Waals surface area contributed by atoms with Crippen LogP contribution in [0.4, 0.5) is 0 Å². The average Bonchev–Trinajstić information content (AvgIpc) is 2.34. The highest BCUT2D eigenvalue weighted by Gasteiger charge is 2.59. The average molecular weight is 272 g/mol. The van der Waals surface area contributed by atoms with Crippen LogP contribution in [0.1, 0.15) is 73.1 Å². The molecule has 2 fully saturated rings. The van der Waals surface area contributed by atoms with E-state index in [9.17, 15) is 0 Å². The van der Waals surface area contributed by atoms with Crippen LogP contribution in [0.25, 0.3) is 0 Å². The summed E-state index contributed by atoms with van der Waals surface area (Å²) in [5, 5.41) is 0. The van der Waals surface area contributed by atoms with Gasteiger partial charge < -0.3 is 0 Å². The van der Waals surface area contributed by atoms with Crippen LogP contribution in [0.5, 0.6) is 0 Å². The van der Waals surface area contributed by atoms with Crippen molar-refractivity contribution in [2.24, 2.45) is 28.1 Å². The number of hydrogen-bond acceptors (Lipinski definition) is 0. The van der Waals surface area contributed by atoms with Crippen LogP contribution >= 0.6 is 0 Å². The fourth-order valence-corrected chi connectivity index (χ4v) is 6.41. The van der Waals surface area contributed by atoms with Crippen LogP contribution < -0.4 is 0 Å². The third-order valence-corrected chi connectivity index (χ3v) is 7.62. The Labute approximate surface area is 125 Å². The Kier molecular flexibility index (Phi) is 3.06. The molecule has 0 aromatic rings. The Morgan fingerprint density at radius 1 is 1.05 bits per heavy atom. The Morgan fingerprint density at radius 2 is 1.75 bits per heavy atom. The summed E-state index contributed by atoms with van der Waals surface area (Å²) in [7, 11) is 0. The Bertz CT molecular complexity index is 466. The van der Waals surface area contributed by atoms with Gasteiger partial charge in [-0.1, -0.05) is 52.3 Å². The van der Waals surface area contributed by atoms with Gasteiger partial charge in [0.05, 0.1) is 0 Å². The van der Waals surface area contributed by atoms with E-state index in [1.165, 1.54) is 49.7 Å². The molecule has 0 spiro atoms. The second-order valence-electron chi connectivity index (χ2n) is 9.01. The third kappa shape index (κ3) is 1.72. The normalized spacial score (nSPS) is 47.2. The highest BCUT2D eigenvalue weighted by Crippen LogP contribution is 2.67. The molecule has 0 bridgehead atoms. The molecule has 0 amide bonds. The summed E-state index contributed by atoms with van der Waals surface area (Å²) < 4.78 is 0. The highest BCUT2D eigenvalue weighted by molar-refractivity contribution is 5.38. The molecular formula is C20H32. The van der Waals surface area contributed by atoms with Gasteiger partial charge in [0.2, 0.25) is 0 Å². The largest absolute Gasteiger partial charge is 0.0950 e. The minimum absolute atomic E-state index is 0.359. The number of fused-ring (bicyclic) bond motifs is 3. The van der Waals surface area contributed by atoms with E-state index in [1.807, 2.05) is 0 Å². The Balaban J connectivity index is 2.05. The van der Waals surface area contributed by atoms with Gasteiger partial charge in [-0.3, -0.25) is 0 Å². The van der Waals surface area contributed by atoms with Gasteiger partial charge in [-0.15, -0.1) is 0 Å². The Hall–Kier alpha value is -0.520. The molecular weight excluding hydrogens is 240 g/mol. The molecule has 0 nitrogen and oxygen atoms in total. The van der Waals surface area contributed by atoms with E-state index in [2.05, 4.69) is 47.3 Å². The molecule has 0 aromatic heterocycles. The molecule has 0 N–H and O–H groups in total. The van der Waals surface area contributed by atoms with E-state index in [-0.39, 0.29) is 0 Å². The predicted molar refractivity (Wildman–Crippen MR) is 87.6 cm³/mol. The first-order chi connectivity index (χ1) is 9.22. The zero-order valence-electron chi connectivity index (χ0n) is 14.2. The molecule has 4 atom stereocenters. The van der Waals surface area contributed by atoms with Crippen LogP contribution in [-0.4, -0.2) is 0 Å². The van der Waals surface area contributed by atoms with Crippen molar-refractivity contribution < 1.29 is 0 Å². The second kappa shape index (κ2) is 4.24. The molecule has 0 aromatic carbocycles. The second-order valence-corrected chi connectivity index (χ2v) is 9.01. The molecule has 3 aliphatic rings. The number of hydrogen-bond donors (Lipinski definition) is 0. The topological polar surface area (TPSA) is 0 Å². The van der Waals surface area contributed by atoms with Gasteiger partial charge in [-0.05, 0) is 72.7 Å². The summed E-state index contributed by atoms with van der Waals surface area (Å²) in [6.45, 7) is 16.9. The van der Waals surface area contributed by atoms with E-state index < -0.39 is 0 Å². The molecule has 0 radical (unpaired) electrons. The van der Waals surface area contributed by atoms with Crippen molar-refractivity contribution in [3.8, 4) is 0 Å². The fraction of sp³-hybridized carbons (Fsp3) is 0.800. The molecule has 20 heavy (non-hydrogen) atoms. The van der Waals surface area contributed by atoms with Gasteiger partial charge in [-0.2, -0.15) is 0 Å². The minimum Gasteiger partial charge on any atom is -0.0950 e. The lowest BCUT2D eigenvalue weighted by Gasteiger charge is -2.64. The summed E-state index contributed by atoms with van der Waals surface area (Å²) in [6.07, 6.45) is 10.8. The zero-order valence-corrected chi connectivity index (χ0v) is 14.2. The van der Waals surface area contributed by atoms with Crippen LogP contribution in [0, 0.1) is 28.1 Å². The lowest BCUT2D eigenvalue weighted by molar-refractivity contribution is -0.117. The summed E-state index contributed by atoms with van der Waals surface area (Å²) >= 11 is 0. The summed E-state index contributed by atoms with van der Waals surface area (Å²) in [4.78, 5) is 0. The van der Waals surface area contributed by atoms with Crippen molar-refractivity contribution in [3.63, 3.8) is 0 Å². The Morgan fingerprint density at radius 3 is 2.45 bits per heavy atom.